The lowest BCUT2D eigenvalue weighted by Crippen LogP contribution is -2.32. The third kappa shape index (κ3) is 1.63. The molecule has 0 bridgehead atoms. The van der Waals surface area contributed by atoms with Gasteiger partial charge in [-0.15, -0.1) is 0 Å². The molecule has 1 heterocycles. The Bertz CT molecular complexity index is 607. The molecule has 3 rings (SSSR count). The average molecular weight is 248 g/mol. The van der Waals surface area contributed by atoms with Gasteiger partial charge in [-0.05, 0) is 43.6 Å². The maximum atomic E-state index is 5.43. The number of hydrogen-bond donors (Lipinski definition) is 1. The van der Waals surface area contributed by atoms with Gasteiger partial charge in [-0.25, -0.2) is 0 Å². The summed E-state index contributed by atoms with van der Waals surface area (Å²) in [5.74, 6) is 0. The number of methoxy groups -OCH3 is 1. The Kier molecular flexibility index (Phi) is 2.56. The molecule has 1 aromatic carbocycles. The maximum Gasteiger partial charge on any atom is 0.178 e. The van der Waals surface area contributed by atoms with Crippen molar-refractivity contribution in [3.63, 3.8) is 0 Å². The van der Waals surface area contributed by atoms with Gasteiger partial charge in [-0.1, -0.05) is 12.1 Å². The van der Waals surface area contributed by atoms with E-state index in [4.69, 9.17) is 17.0 Å². The van der Waals surface area contributed by atoms with E-state index >= 15 is 0 Å². The largest absolute Gasteiger partial charge is 0.381 e. The first-order valence-corrected chi connectivity index (χ1v) is 6.34. The molecule has 0 atom stereocenters. The number of H-pyrrole nitrogens is 1. The summed E-state index contributed by atoms with van der Waals surface area (Å²) in [6, 6.07) is 6.82. The van der Waals surface area contributed by atoms with E-state index in [1.165, 1.54) is 16.6 Å². The van der Waals surface area contributed by atoms with E-state index in [-0.39, 0.29) is 0 Å². The highest BCUT2D eigenvalue weighted by Crippen LogP contribution is 2.36. The lowest BCUT2D eigenvalue weighted by atomic mass is 9.89. The zero-order valence-corrected chi connectivity index (χ0v) is 10.9. The highest BCUT2D eigenvalue weighted by molar-refractivity contribution is 7.71. The Labute approximate surface area is 105 Å². The van der Waals surface area contributed by atoms with Crippen LogP contribution in [0.15, 0.2) is 18.2 Å². The number of aromatic amines is 1. The third-order valence-corrected chi connectivity index (χ3v) is 4.03. The molecule has 0 aliphatic heterocycles. The Morgan fingerprint density at radius 2 is 2.18 bits per heavy atom. The normalized spacial score (nSPS) is 23.9. The van der Waals surface area contributed by atoms with Crippen molar-refractivity contribution in [2.75, 3.05) is 7.11 Å². The first-order chi connectivity index (χ1) is 8.20. The lowest BCUT2D eigenvalue weighted by Gasteiger charge is -2.35. The van der Waals surface area contributed by atoms with Crippen molar-refractivity contribution in [1.82, 2.24) is 9.55 Å². The van der Waals surface area contributed by atoms with Gasteiger partial charge in [0.15, 0.2) is 4.77 Å². The molecular formula is C13H16N2OS. The zero-order chi connectivity index (χ0) is 12.0. The summed E-state index contributed by atoms with van der Waals surface area (Å²) >= 11 is 5.43. The van der Waals surface area contributed by atoms with Gasteiger partial charge in [0.25, 0.3) is 0 Å². The molecule has 1 aromatic heterocycles. The second kappa shape index (κ2) is 3.96. The Morgan fingerprint density at radius 3 is 2.88 bits per heavy atom. The van der Waals surface area contributed by atoms with E-state index in [2.05, 4.69) is 34.7 Å². The summed E-state index contributed by atoms with van der Waals surface area (Å²) in [6.07, 6.45) is 2.52. The van der Waals surface area contributed by atoms with Crippen LogP contribution in [0.3, 0.4) is 0 Å². The fourth-order valence-corrected chi connectivity index (χ4v) is 2.95. The molecule has 0 unspecified atom stereocenters. The summed E-state index contributed by atoms with van der Waals surface area (Å²) in [6.45, 7) is 2.11. The molecule has 1 saturated carbocycles. The van der Waals surface area contributed by atoms with Crippen LogP contribution in [0.5, 0.6) is 0 Å². The molecular weight excluding hydrogens is 232 g/mol. The maximum absolute atomic E-state index is 5.43. The number of nitrogens with one attached hydrogen (secondary N) is 1. The molecule has 1 fully saturated rings. The van der Waals surface area contributed by atoms with Crippen molar-refractivity contribution in [3.8, 4) is 0 Å². The molecule has 1 aliphatic rings. The third-order valence-electron chi connectivity index (χ3n) is 3.73. The predicted molar refractivity (Wildman–Crippen MR) is 70.9 cm³/mol. The second-order valence-corrected chi connectivity index (χ2v) is 5.14. The van der Waals surface area contributed by atoms with Gasteiger partial charge < -0.3 is 14.3 Å². The summed E-state index contributed by atoms with van der Waals surface area (Å²) in [7, 11) is 1.78. The molecule has 4 heteroatoms. The zero-order valence-electron chi connectivity index (χ0n) is 10.1. The lowest BCUT2D eigenvalue weighted by molar-refractivity contribution is 0.00698. The van der Waals surface area contributed by atoms with Crippen LogP contribution in [0, 0.1) is 11.7 Å². The second-order valence-electron chi connectivity index (χ2n) is 4.75. The number of ether oxygens (including phenoxy) is 1. The molecule has 0 amide bonds. The van der Waals surface area contributed by atoms with Crippen LogP contribution < -0.4 is 0 Å². The van der Waals surface area contributed by atoms with Crippen molar-refractivity contribution in [3.05, 3.63) is 28.5 Å². The number of imidazole rings is 1. The molecule has 90 valence electrons. The molecule has 0 spiro atoms. The molecule has 1 aliphatic carbocycles. The fourth-order valence-electron chi connectivity index (χ4n) is 2.60. The number of benzene rings is 1. The van der Waals surface area contributed by atoms with Crippen molar-refractivity contribution >= 4 is 23.3 Å². The predicted octanol–water partition coefficient (Wildman–Crippen LogP) is 3.36. The van der Waals surface area contributed by atoms with Crippen LogP contribution in [-0.2, 0) is 4.74 Å². The van der Waals surface area contributed by atoms with Crippen molar-refractivity contribution < 1.29 is 4.74 Å². The van der Waals surface area contributed by atoms with E-state index in [1.54, 1.807) is 7.11 Å². The van der Waals surface area contributed by atoms with Crippen molar-refractivity contribution in [2.45, 2.75) is 31.9 Å². The molecule has 17 heavy (non-hydrogen) atoms. The molecule has 0 radical (unpaired) electrons. The minimum absolute atomic E-state index is 0.400. The van der Waals surface area contributed by atoms with Crippen LogP contribution >= 0.6 is 12.2 Å². The van der Waals surface area contributed by atoms with Crippen molar-refractivity contribution in [2.24, 2.45) is 0 Å². The van der Waals surface area contributed by atoms with Gasteiger partial charge in [0.2, 0.25) is 0 Å². The van der Waals surface area contributed by atoms with Crippen LogP contribution in [0.1, 0.15) is 24.4 Å². The first kappa shape index (κ1) is 11.0. The molecule has 1 N–H and O–H groups in total. The summed E-state index contributed by atoms with van der Waals surface area (Å²) in [5.41, 5.74) is 3.63. The number of aromatic nitrogens is 2. The topological polar surface area (TPSA) is 29.9 Å². The van der Waals surface area contributed by atoms with E-state index in [1.807, 2.05) is 0 Å². The van der Waals surface area contributed by atoms with Crippen LogP contribution in [0.25, 0.3) is 11.0 Å². The van der Waals surface area contributed by atoms with E-state index < -0.39 is 0 Å². The molecule has 3 nitrogen and oxygen atoms in total. The minimum atomic E-state index is 0.400. The van der Waals surface area contributed by atoms with E-state index in [9.17, 15) is 0 Å². The highest BCUT2D eigenvalue weighted by atomic mass is 32.1. The van der Waals surface area contributed by atoms with E-state index in [0.717, 1.165) is 17.6 Å². The molecule has 2 aromatic rings. The quantitative estimate of drug-likeness (QED) is 0.826. The number of fused-ring (bicyclic) bond motifs is 1. The van der Waals surface area contributed by atoms with Gasteiger partial charge in [-0.2, -0.15) is 0 Å². The SMILES string of the molecule is COC1CC(n2c(=S)[nH]c3c(C)cccc32)C1. The smallest absolute Gasteiger partial charge is 0.178 e. The van der Waals surface area contributed by atoms with Gasteiger partial charge >= 0.3 is 0 Å². The van der Waals surface area contributed by atoms with Crippen LogP contribution in [0.2, 0.25) is 0 Å². The average Bonchev–Trinajstić information content (AvgIpc) is 2.57. The Morgan fingerprint density at radius 1 is 1.41 bits per heavy atom. The van der Waals surface area contributed by atoms with Gasteiger partial charge in [-0.3, -0.25) is 0 Å². The number of aryl methyl sites for hydroxylation is 1. The number of rotatable bonds is 2. The van der Waals surface area contributed by atoms with Gasteiger partial charge in [0, 0.05) is 13.2 Å². The summed E-state index contributed by atoms with van der Waals surface area (Å²) < 4.78 is 8.40. The van der Waals surface area contributed by atoms with Gasteiger partial charge in [0.05, 0.1) is 17.1 Å². The Balaban J connectivity index is 2.08. The highest BCUT2D eigenvalue weighted by Gasteiger charge is 2.31. The fraction of sp³-hybridized carbons (Fsp3) is 0.462. The standard InChI is InChI=1S/C13H16N2OS/c1-8-4-3-5-11-12(8)14-13(17)15(11)9-6-10(7-9)16-2/h3-5,9-10H,6-7H2,1-2H3,(H,14,17). The van der Waals surface area contributed by atoms with Gasteiger partial charge in [0.1, 0.15) is 0 Å². The molecule has 0 saturated heterocycles. The minimum Gasteiger partial charge on any atom is -0.381 e. The first-order valence-electron chi connectivity index (χ1n) is 5.93. The van der Waals surface area contributed by atoms with Crippen LogP contribution in [-0.4, -0.2) is 22.8 Å². The number of nitrogens with zero attached hydrogens (tertiary/aromatic N) is 1. The number of para-hydroxylation sites is 1. The number of hydrogen-bond acceptors (Lipinski definition) is 2. The Hall–Kier alpha value is -1.13. The summed E-state index contributed by atoms with van der Waals surface area (Å²) in [4.78, 5) is 3.31. The summed E-state index contributed by atoms with van der Waals surface area (Å²) in [5, 5.41) is 0. The van der Waals surface area contributed by atoms with Crippen molar-refractivity contribution in [1.29, 1.82) is 0 Å². The van der Waals surface area contributed by atoms with Crippen LogP contribution in [0.4, 0.5) is 0 Å². The monoisotopic (exact) mass is 248 g/mol. The van der Waals surface area contributed by atoms with E-state index in [0.29, 0.717) is 12.1 Å².